The van der Waals surface area contributed by atoms with Crippen molar-refractivity contribution in [2.45, 2.75) is 39.7 Å². The molecular formula is C19H31N5S2. The highest BCUT2D eigenvalue weighted by Gasteiger charge is 2.18. The molecule has 0 radical (unpaired) electrons. The van der Waals surface area contributed by atoms with Crippen molar-refractivity contribution >= 4 is 28.6 Å². The van der Waals surface area contributed by atoms with Gasteiger partial charge in [-0.25, -0.2) is 4.98 Å². The number of aromatic nitrogens is 1. The molecule has 2 N–H and O–H groups in total. The smallest absolute Gasteiger partial charge is 0.191 e. The average Bonchev–Trinajstić information content (AvgIpc) is 3.35. The first-order chi connectivity index (χ1) is 12.7. The Morgan fingerprint density at radius 3 is 2.65 bits per heavy atom. The topological polar surface area (TPSA) is 52.6 Å². The minimum absolute atomic E-state index is 0.362. The van der Waals surface area contributed by atoms with Crippen LogP contribution in [0.1, 0.15) is 42.3 Å². The summed E-state index contributed by atoms with van der Waals surface area (Å²) in [6.07, 6.45) is 3.97. The summed E-state index contributed by atoms with van der Waals surface area (Å²) in [6.45, 7) is 10.4. The Balaban J connectivity index is 1.85. The summed E-state index contributed by atoms with van der Waals surface area (Å²) in [5, 5.41) is 12.5. The number of thiophene rings is 1. The van der Waals surface area contributed by atoms with Gasteiger partial charge in [0.05, 0.1) is 11.0 Å². The first kappa shape index (κ1) is 20.9. The fourth-order valence-electron chi connectivity index (χ4n) is 2.92. The van der Waals surface area contributed by atoms with Crippen LogP contribution in [0.5, 0.6) is 0 Å². The molecule has 0 fully saturated rings. The second-order valence-corrected chi connectivity index (χ2v) is 7.98. The Bertz CT molecular complexity index is 647. The third kappa shape index (κ3) is 6.07. The molecule has 0 amide bonds. The quantitative estimate of drug-likeness (QED) is 0.479. The Hall–Kier alpha value is -1.44. The zero-order chi connectivity index (χ0) is 18.8. The van der Waals surface area contributed by atoms with E-state index in [1.807, 2.05) is 13.2 Å². The van der Waals surface area contributed by atoms with Crippen LogP contribution < -0.4 is 10.6 Å². The summed E-state index contributed by atoms with van der Waals surface area (Å²) in [4.78, 5) is 12.7. The molecule has 144 valence electrons. The molecule has 26 heavy (non-hydrogen) atoms. The molecule has 0 bridgehead atoms. The third-order valence-corrected chi connectivity index (χ3v) is 6.35. The second-order valence-electron chi connectivity index (χ2n) is 6.00. The van der Waals surface area contributed by atoms with Crippen molar-refractivity contribution in [1.82, 2.24) is 20.5 Å². The molecular weight excluding hydrogens is 362 g/mol. The lowest BCUT2D eigenvalue weighted by atomic mass is 10.1. The summed E-state index contributed by atoms with van der Waals surface area (Å²) in [6, 6.07) is 2.58. The maximum absolute atomic E-state index is 4.48. The molecule has 0 saturated heterocycles. The van der Waals surface area contributed by atoms with E-state index in [9.17, 15) is 0 Å². The number of nitrogens with zero attached hydrogens (tertiary/aromatic N) is 3. The molecule has 2 heterocycles. The SMILES string of the molecule is CCc1cnc(CCNC(=NC)NCC(c2ccsc2)N(CC)CC)s1. The van der Waals surface area contributed by atoms with E-state index in [0.717, 1.165) is 45.0 Å². The van der Waals surface area contributed by atoms with E-state index < -0.39 is 0 Å². The van der Waals surface area contributed by atoms with Gasteiger partial charge in [0.1, 0.15) is 0 Å². The average molecular weight is 394 g/mol. The molecule has 0 aliphatic rings. The molecule has 1 atom stereocenters. The van der Waals surface area contributed by atoms with Gasteiger partial charge in [-0.2, -0.15) is 11.3 Å². The van der Waals surface area contributed by atoms with Crippen molar-refractivity contribution < 1.29 is 0 Å². The van der Waals surface area contributed by atoms with Gasteiger partial charge in [0.25, 0.3) is 0 Å². The molecule has 1 unspecified atom stereocenters. The lowest BCUT2D eigenvalue weighted by Gasteiger charge is -2.30. The number of likely N-dealkylation sites (N-methyl/N-ethyl adjacent to an activating group) is 1. The molecule has 2 rings (SSSR count). The van der Waals surface area contributed by atoms with E-state index in [1.165, 1.54) is 15.4 Å². The van der Waals surface area contributed by atoms with Gasteiger partial charge in [-0.05, 0) is 41.9 Å². The number of aryl methyl sites for hydroxylation is 1. The normalized spacial score (nSPS) is 13.2. The predicted octanol–water partition coefficient (Wildman–Crippen LogP) is 3.56. The van der Waals surface area contributed by atoms with Gasteiger partial charge in [-0.15, -0.1) is 11.3 Å². The van der Waals surface area contributed by atoms with Crippen LogP contribution in [-0.4, -0.2) is 49.1 Å². The van der Waals surface area contributed by atoms with Crippen LogP contribution in [0.25, 0.3) is 0 Å². The maximum atomic E-state index is 4.48. The highest BCUT2D eigenvalue weighted by atomic mass is 32.1. The number of rotatable bonds is 10. The highest BCUT2D eigenvalue weighted by molar-refractivity contribution is 7.11. The summed E-state index contributed by atoms with van der Waals surface area (Å²) in [5.41, 5.74) is 1.37. The number of thiazole rings is 1. The zero-order valence-corrected chi connectivity index (χ0v) is 17.9. The highest BCUT2D eigenvalue weighted by Crippen LogP contribution is 2.22. The first-order valence-electron chi connectivity index (χ1n) is 9.35. The van der Waals surface area contributed by atoms with Crippen molar-refractivity contribution in [3.05, 3.63) is 38.5 Å². The minimum Gasteiger partial charge on any atom is -0.356 e. The molecule has 5 nitrogen and oxygen atoms in total. The van der Waals surface area contributed by atoms with Gasteiger partial charge >= 0.3 is 0 Å². The summed E-state index contributed by atoms with van der Waals surface area (Å²) >= 11 is 3.56. The molecule has 0 aliphatic carbocycles. The predicted molar refractivity (Wildman–Crippen MR) is 115 cm³/mol. The van der Waals surface area contributed by atoms with Crippen LogP contribution in [0.15, 0.2) is 28.0 Å². The van der Waals surface area contributed by atoms with E-state index in [0.29, 0.717) is 6.04 Å². The molecule has 0 aromatic carbocycles. The van der Waals surface area contributed by atoms with Gasteiger partial charge in [-0.3, -0.25) is 9.89 Å². The Morgan fingerprint density at radius 2 is 2.08 bits per heavy atom. The number of aliphatic imine (C=N–C) groups is 1. The second kappa shape index (κ2) is 11.3. The molecule has 0 saturated carbocycles. The minimum atomic E-state index is 0.362. The van der Waals surface area contributed by atoms with Crippen LogP contribution in [0, 0.1) is 0 Å². The Kier molecular flexibility index (Phi) is 9.08. The molecule has 2 aromatic heterocycles. The van der Waals surface area contributed by atoms with Crippen molar-refractivity contribution in [3.63, 3.8) is 0 Å². The van der Waals surface area contributed by atoms with Crippen molar-refractivity contribution in [2.75, 3.05) is 33.2 Å². The first-order valence-corrected chi connectivity index (χ1v) is 11.1. The largest absolute Gasteiger partial charge is 0.356 e. The van der Waals surface area contributed by atoms with Gasteiger partial charge in [0.2, 0.25) is 0 Å². The van der Waals surface area contributed by atoms with Crippen LogP contribution in [0.3, 0.4) is 0 Å². The van der Waals surface area contributed by atoms with Crippen molar-refractivity contribution in [1.29, 1.82) is 0 Å². The molecule has 0 aliphatic heterocycles. The summed E-state index contributed by atoms with van der Waals surface area (Å²) in [7, 11) is 1.82. The van der Waals surface area contributed by atoms with E-state index in [2.05, 4.69) is 63.1 Å². The maximum Gasteiger partial charge on any atom is 0.191 e. The monoisotopic (exact) mass is 393 g/mol. The van der Waals surface area contributed by atoms with Crippen LogP contribution in [0.2, 0.25) is 0 Å². The Morgan fingerprint density at radius 1 is 1.27 bits per heavy atom. The number of nitrogens with one attached hydrogen (secondary N) is 2. The van der Waals surface area contributed by atoms with Gasteiger partial charge in [-0.1, -0.05) is 20.8 Å². The standard InChI is InChI=1S/C19H31N5S2/c1-5-16-12-22-18(26-16)8-10-21-19(20-4)23-13-17(24(6-2)7-3)15-9-11-25-14-15/h9,11-12,14,17H,5-8,10,13H2,1-4H3,(H2,20,21,23). The molecule has 2 aromatic rings. The van der Waals surface area contributed by atoms with Crippen LogP contribution in [0.4, 0.5) is 0 Å². The number of hydrogen-bond donors (Lipinski definition) is 2. The fraction of sp³-hybridized carbons (Fsp3) is 0.579. The molecule has 0 spiro atoms. The zero-order valence-electron chi connectivity index (χ0n) is 16.3. The lowest BCUT2D eigenvalue weighted by Crippen LogP contribution is -2.43. The van der Waals surface area contributed by atoms with E-state index in [-0.39, 0.29) is 0 Å². The van der Waals surface area contributed by atoms with E-state index in [1.54, 1.807) is 22.7 Å². The van der Waals surface area contributed by atoms with Crippen molar-refractivity contribution in [3.8, 4) is 0 Å². The van der Waals surface area contributed by atoms with Gasteiger partial charge in [0.15, 0.2) is 5.96 Å². The fourth-order valence-corrected chi connectivity index (χ4v) is 4.48. The summed E-state index contributed by atoms with van der Waals surface area (Å²) in [5.74, 6) is 0.852. The van der Waals surface area contributed by atoms with Gasteiger partial charge < -0.3 is 10.6 Å². The van der Waals surface area contributed by atoms with Crippen LogP contribution >= 0.6 is 22.7 Å². The van der Waals surface area contributed by atoms with Crippen LogP contribution in [-0.2, 0) is 12.8 Å². The van der Waals surface area contributed by atoms with E-state index in [4.69, 9.17) is 0 Å². The number of guanidine groups is 1. The molecule has 7 heteroatoms. The van der Waals surface area contributed by atoms with Crippen molar-refractivity contribution in [2.24, 2.45) is 4.99 Å². The third-order valence-electron chi connectivity index (χ3n) is 4.45. The lowest BCUT2D eigenvalue weighted by molar-refractivity contribution is 0.219. The van der Waals surface area contributed by atoms with Gasteiger partial charge in [0, 0.05) is 37.6 Å². The Labute approximate surface area is 165 Å². The van der Waals surface area contributed by atoms with E-state index >= 15 is 0 Å². The summed E-state index contributed by atoms with van der Waals surface area (Å²) < 4.78 is 0. The number of hydrogen-bond acceptors (Lipinski definition) is 5.